The van der Waals surface area contributed by atoms with Crippen LogP contribution in [0.25, 0.3) is 0 Å². The van der Waals surface area contributed by atoms with Crippen molar-refractivity contribution in [2.24, 2.45) is 15.3 Å². The highest BCUT2D eigenvalue weighted by atomic mass is 79.9. The van der Waals surface area contributed by atoms with Gasteiger partial charge >= 0.3 is 0 Å². The van der Waals surface area contributed by atoms with Gasteiger partial charge in [-0.1, -0.05) is 73.5 Å². The van der Waals surface area contributed by atoms with Gasteiger partial charge in [-0.05, 0) is 48.5 Å². The van der Waals surface area contributed by atoms with Crippen molar-refractivity contribution in [1.82, 2.24) is 4.98 Å². The van der Waals surface area contributed by atoms with E-state index in [2.05, 4.69) is 57.6 Å². The van der Waals surface area contributed by atoms with Gasteiger partial charge in [-0.3, -0.25) is 10.2 Å². The zero-order valence-corrected chi connectivity index (χ0v) is 20.8. The summed E-state index contributed by atoms with van der Waals surface area (Å²) in [5.41, 5.74) is 4.68. The van der Waals surface area contributed by atoms with Crippen LogP contribution < -0.4 is 5.43 Å². The predicted molar refractivity (Wildman–Crippen MR) is 137 cm³/mol. The number of nitrogens with zero attached hydrogens (tertiary/aromatic N) is 4. The van der Waals surface area contributed by atoms with Crippen molar-refractivity contribution >= 4 is 71.1 Å². The highest BCUT2D eigenvalue weighted by Crippen LogP contribution is 2.35. The average Bonchev–Trinajstić information content (AvgIpc) is 3.20. The lowest BCUT2D eigenvalue weighted by molar-refractivity contribution is 0.106. The number of aromatic nitrogens is 1. The Morgan fingerprint density at radius 1 is 0.879 bits per heavy atom. The van der Waals surface area contributed by atoms with Crippen molar-refractivity contribution in [3.05, 3.63) is 98.4 Å². The number of halogens is 2. The Morgan fingerprint density at radius 2 is 1.52 bits per heavy atom. The largest absolute Gasteiger partial charge is 0.491 e. The van der Waals surface area contributed by atoms with Crippen molar-refractivity contribution < 1.29 is 9.90 Å². The predicted octanol–water partition coefficient (Wildman–Crippen LogP) is 7.49. The minimum atomic E-state index is -0.342. The zero-order chi connectivity index (χ0) is 23.2. The van der Waals surface area contributed by atoms with E-state index in [1.165, 1.54) is 0 Å². The van der Waals surface area contributed by atoms with E-state index >= 15 is 0 Å². The first-order valence-corrected chi connectivity index (χ1v) is 12.0. The molecule has 1 aromatic heterocycles. The van der Waals surface area contributed by atoms with Crippen molar-refractivity contribution in [2.45, 2.75) is 0 Å². The summed E-state index contributed by atoms with van der Waals surface area (Å²) in [6, 6.07) is 23.3. The number of anilines is 1. The SMILES string of the molecule is O=C(/C(=N/Nc1ccc(Br)cc1)c1nc(O)c(N=Nc2ccc(Br)cc2)s1)c1ccccc1. The molecule has 2 N–H and O–H groups in total. The molecular weight excluding hydrogens is 570 g/mol. The van der Waals surface area contributed by atoms with E-state index in [1.54, 1.807) is 36.4 Å². The van der Waals surface area contributed by atoms with Gasteiger partial charge in [0.05, 0.1) is 11.4 Å². The van der Waals surface area contributed by atoms with Crippen molar-refractivity contribution in [3.8, 4) is 5.88 Å². The number of carbonyl (C=O) groups is 1. The van der Waals surface area contributed by atoms with Crippen LogP contribution in [0.3, 0.4) is 0 Å². The third-order valence-electron chi connectivity index (χ3n) is 4.27. The fraction of sp³-hybridized carbons (Fsp3) is 0. The molecule has 0 unspecified atom stereocenters. The summed E-state index contributed by atoms with van der Waals surface area (Å²) in [5.74, 6) is -0.668. The summed E-state index contributed by atoms with van der Waals surface area (Å²) in [5, 5.41) is 23.2. The Morgan fingerprint density at radius 3 is 2.18 bits per heavy atom. The van der Waals surface area contributed by atoms with E-state index < -0.39 is 0 Å². The summed E-state index contributed by atoms with van der Waals surface area (Å²) < 4.78 is 1.84. The third kappa shape index (κ3) is 5.98. The highest BCUT2D eigenvalue weighted by molar-refractivity contribution is 9.10. The molecule has 0 fully saturated rings. The topological polar surface area (TPSA) is 99.3 Å². The van der Waals surface area contributed by atoms with Crippen molar-refractivity contribution in [3.63, 3.8) is 0 Å². The smallest absolute Gasteiger partial charge is 0.251 e. The van der Waals surface area contributed by atoms with Gasteiger partial charge in [-0.2, -0.15) is 10.1 Å². The first kappa shape index (κ1) is 23.0. The number of rotatable bonds is 7. The molecule has 0 spiro atoms. The molecule has 0 atom stereocenters. The number of hydrogen-bond donors (Lipinski definition) is 2. The second kappa shape index (κ2) is 10.6. The molecule has 0 aliphatic heterocycles. The molecule has 0 saturated carbocycles. The Balaban J connectivity index is 1.67. The molecular formula is C23H15Br2N5O2S. The molecule has 4 aromatic rings. The molecule has 1 heterocycles. The summed E-state index contributed by atoms with van der Waals surface area (Å²) in [6.45, 7) is 0. The summed E-state index contributed by atoms with van der Waals surface area (Å²) in [7, 11) is 0. The quantitative estimate of drug-likeness (QED) is 0.102. The van der Waals surface area contributed by atoms with Crippen LogP contribution in [0.5, 0.6) is 5.88 Å². The van der Waals surface area contributed by atoms with Crippen molar-refractivity contribution in [2.75, 3.05) is 5.43 Å². The van der Waals surface area contributed by atoms with Gasteiger partial charge in [0, 0.05) is 14.5 Å². The Bertz CT molecular complexity index is 1320. The number of azo groups is 1. The summed E-state index contributed by atoms with van der Waals surface area (Å²) in [6.07, 6.45) is 0. The van der Waals surface area contributed by atoms with Crippen LogP contribution >= 0.6 is 43.2 Å². The minimum absolute atomic E-state index is 0.0505. The standard InChI is InChI=1S/C23H15Br2N5O2S/c24-15-6-10-17(11-7-15)27-29-19(20(31)14-4-2-1-3-5-14)22-26-21(32)23(33-22)30-28-18-12-8-16(25)9-13-18/h1-13,27,32H/b29-19-,30-28?. The highest BCUT2D eigenvalue weighted by Gasteiger charge is 2.23. The number of ketones is 1. The second-order valence-corrected chi connectivity index (χ2v) is 9.41. The fourth-order valence-corrected chi connectivity index (χ4v) is 3.95. The number of aromatic hydroxyl groups is 1. The molecule has 0 radical (unpaired) electrons. The molecule has 0 aliphatic carbocycles. The third-order valence-corrected chi connectivity index (χ3v) is 6.26. The number of hydrogen-bond acceptors (Lipinski definition) is 8. The molecule has 10 heteroatoms. The van der Waals surface area contributed by atoms with E-state index in [4.69, 9.17) is 0 Å². The maximum absolute atomic E-state index is 13.2. The normalized spacial score (nSPS) is 11.6. The number of carbonyl (C=O) groups excluding carboxylic acids is 1. The van der Waals surface area contributed by atoms with Crippen LogP contribution in [0.4, 0.5) is 16.4 Å². The number of thiazole rings is 1. The minimum Gasteiger partial charge on any atom is -0.491 e. The van der Waals surface area contributed by atoms with Crippen molar-refractivity contribution in [1.29, 1.82) is 0 Å². The van der Waals surface area contributed by atoms with Gasteiger partial charge in [0.1, 0.15) is 0 Å². The van der Waals surface area contributed by atoms with Gasteiger partial charge in [0.2, 0.25) is 10.8 Å². The van der Waals surface area contributed by atoms with Crippen LogP contribution in [-0.4, -0.2) is 21.6 Å². The van der Waals surface area contributed by atoms with E-state index in [9.17, 15) is 9.90 Å². The molecule has 0 saturated heterocycles. The molecule has 0 aliphatic rings. The van der Waals surface area contributed by atoms with Crippen LogP contribution in [0.15, 0.2) is 103 Å². The lowest BCUT2D eigenvalue weighted by Gasteiger charge is -2.05. The van der Waals surface area contributed by atoms with E-state index in [-0.39, 0.29) is 27.4 Å². The maximum Gasteiger partial charge on any atom is 0.251 e. The summed E-state index contributed by atoms with van der Waals surface area (Å²) >= 11 is 7.77. The van der Waals surface area contributed by atoms with Crippen LogP contribution in [0.1, 0.15) is 15.4 Å². The molecule has 0 amide bonds. The monoisotopic (exact) mass is 583 g/mol. The second-order valence-electron chi connectivity index (χ2n) is 6.60. The molecule has 7 nitrogen and oxygen atoms in total. The fourth-order valence-electron chi connectivity index (χ4n) is 2.65. The van der Waals surface area contributed by atoms with Gasteiger partial charge in [0.15, 0.2) is 10.7 Å². The van der Waals surface area contributed by atoms with Gasteiger partial charge in [-0.15, -0.1) is 10.2 Å². The molecule has 0 bridgehead atoms. The van der Waals surface area contributed by atoms with E-state index in [0.29, 0.717) is 16.9 Å². The molecule has 33 heavy (non-hydrogen) atoms. The van der Waals surface area contributed by atoms with Gasteiger partial charge < -0.3 is 5.11 Å². The number of hydrazone groups is 1. The number of Topliss-reactive ketones (excluding diaryl/α,β-unsaturated/α-hetero) is 1. The van der Waals surface area contributed by atoms with Crippen LogP contribution in [0, 0.1) is 0 Å². The maximum atomic E-state index is 13.2. The van der Waals surface area contributed by atoms with E-state index in [1.807, 2.05) is 42.5 Å². The Hall–Kier alpha value is -3.21. The Labute approximate surface area is 210 Å². The summed E-state index contributed by atoms with van der Waals surface area (Å²) in [4.78, 5) is 17.3. The number of benzene rings is 3. The van der Waals surface area contributed by atoms with Crippen LogP contribution in [0.2, 0.25) is 0 Å². The zero-order valence-electron chi connectivity index (χ0n) is 16.8. The lowest BCUT2D eigenvalue weighted by atomic mass is 10.1. The molecule has 4 rings (SSSR count). The van der Waals surface area contributed by atoms with Gasteiger partial charge in [-0.25, -0.2) is 0 Å². The molecule has 164 valence electrons. The average molecular weight is 585 g/mol. The first-order chi connectivity index (χ1) is 16.0. The van der Waals surface area contributed by atoms with Crippen LogP contribution in [-0.2, 0) is 0 Å². The van der Waals surface area contributed by atoms with E-state index in [0.717, 1.165) is 20.3 Å². The first-order valence-electron chi connectivity index (χ1n) is 9.56. The molecule has 3 aromatic carbocycles. The van der Waals surface area contributed by atoms with Gasteiger partial charge in [0.25, 0.3) is 5.88 Å². The lowest BCUT2D eigenvalue weighted by Crippen LogP contribution is -2.17. The Kier molecular flexibility index (Phi) is 7.38. The number of nitrogens with one attached hydrogen (secondary N) is 1.